The third kappa shape index (κ3) is 23.7. The maximum atomic E-state index is 12.7. The van der Waals surface area contributed by atoms with Crippen molar-refractivity contribution in [2.45, 2.75) is 144 Å². The minimum absolute atomic E-state index is 0.161. The molecule has 0 aromatic heterocycles. The van der Waals surface area contributed by atoms with Gasteiger partial charge in [0.05, 0.1) is 0 Å². The molecule has 0 bridgehead atoms. The molecule has 0 amide bonds. The minimum Gasteiger partial charge on any atom is -0.458 e. The van der Waals surface area contributed by atoms with Crippen LogP contribution >= 0.6 is 10.9 Å². The van der Waals surface area contributed by atoms with Crippen molar-refractivity contribution in [2.24, 2.45) is 23.7 Å². The van der Waals surface area contributed by atoms with E-state index >= 15 is 0 Å². The fourth-order valence-electron chi connectivity index (χ4n) is 5.42. The predicted octanol–water partition coefficient (Wildman–Crippen LogP) is 9.80. The Labute approximate surface area is 270 Å². The van der Waals surface area contributed by atoms with Crippen molar-refractivity contribution in [3.63, 3.8) is 0 Å². The zero-order chi connectivity index (χ0) is 32.6. The van der Waals surface area contributed by atoms with Crippen LogP contribution in [0.1, 0.15) is 138 Å². The van der Waals surface area contributed by atoms with Gasteiger partial charge in [-0.2, -0.15) is 0 Å². The minimum atomic E-state index is -0.389. The average Bonchev–Trinajstić information content (AvgIpc) is 2.94. The third-order valence-electron chi connectivity index (χ3n) is 8.61. The lowest BCUT2D eigenvalue weighted by Gasteiger charge is -2.22. The first kappa shape index (κ1) is 41.7. The zero-order valence-corrected chi connectivity index (χ0v) is 30.8. The quantitative estimate of drug-likeness (QED) is 0.0434. The Kier molecular flexibility index (Phi) is 25.2. The molecule has 5 nitrogen and oxygen atoms in total. The second-order valence-corrected chi connectivity index (χ2v) is 16.1. The first-order valence-corrected chi connectivity index (χ1v) is 19.7. The molecule has 43 heavy (non-hydrogen) atoms. The van der Waals surface area contributed by atoms with Gasteiger partial charge in [0.15, 0.2) is 0 Å². The van der Waals surface area contributed by atoms with Crippen molar-refractivity contribution in [3.8, 4) is 0 Å². The Hall–Kier alpha value is -1.27. The monoisotopic (exact) mass is 626 g/mol. The van der Waals surface area contributed by atoms with Gasteiger partial charge in [-0.05, 0) is 94.5 Å². The number of ether oxygens (including phenoxy) is 2. The maximum absolute atomic E-state index is 12.7. The molecular formula is C37H71NO4S. The molecule has 0 radical (unpaired) electrons. The molecule has 0 aliphatic carbocycles. The summed E-state index contributed by atoms with van der Waals surface area (Å²) in [7, 11) is 1.72. The van der Waals surface area contributed by atoms with E-state index in [0.29, 0.717) is 17.9 Å². The number of nitrogens with one attached hydrogen (secondary N) is 1. The van der Waals surface area contributed by atoms with Crippen LogP contribution in [-0.4, -0.2) is 50.8 Å². The van der Waals surface area contributed by atoms with Gasteiger partial charge >= 0.3 is 11.9 Å². The van der Waals surface area contributed by atoms with E-state index < -0.39 is 0 Å². The lowest BCUT2D eigenvalue weighted by molar-refractivity contribution is -0.148. The summed E-state index contributed by atoms with van der Waals surface area (Å²) in [4.78, 5) is 25.3. The molecule has 0 rings (SSSR count). The smallest absolute Gasteiger partial charge is 0.334 e. The highest BCUT2D eigenvalue weighted by atomic mass is 32.2. The van der Waals surface area contributed by atoms with Crippen LogP contribution < -0.4 is 5.32 Å². The largest absolute Gasteiger partial charge is 0.458 e. The summed E-state index contributed by atoms with van der Waals surface area (Å²) < 4.78 is 11.4. The van der Waals surface area contributed by atoms with E-state index in [1.54, 1.807) is 6.92 Å². The van der Waals surface area contributed by atoms with Crippen LogP contribution in [0.5, 0.6) is 0 Å². The number of carbonyl (C=O) groups excluding carboxylic acids is 2. The Morgan fingerprint density at radius 1 is 0.744 bits per heavy atom. The number of carbonyl (C=O) groups is 2. The third-order valence-corrected chi connectivity index (χ3v) is 9.42. The van der Waals surface area contributed by atoms with Gasteiger partial charge in [0.1, 0.15) is 12.7 Å². The van der Waals surface area contributed by atoms with Crippen molar-refractivity contribution < 1.29 is 19.1 Å². The normalized spacial score (nSPS) is 15.7. The summed E-state index contributed by atoms with van der Waals surface area (Å²) >= 11 is 0. The van der Waals surface area contributed by atoms with E-state index in [4.69, 9.17) is 9.47 Å². The molecule has 254 valence electrons. The highest BCUT2D eigenvalue weighted by Crippen LogP contribution is 2.25. The summed E-state index contributed by atoms with van der Waals surface area (Å²) in [5, 5.41) is 5.16. The van der Waals surface area contributed by atoms with E-state index in [-0.39, 0.29) is 35.5 Å². The molecule has 0 aromatic rings. The van der Waals surface area contributed by atoms with Gasteiger partial charge in [0.2, 0.25) is 0 Å². The fourth-order valence-corrected chi connectivity index (χ4v) is 5.93. The number of rotatable bonds is 26. The van der Waals surface area contributed by atoms with Gasteiger partial charge in [-0.15, -0.1) is 0 Å². The van der Waals surface area contributed by atoms with Crippen LogP contribution in [0.3, 0.4) is 0 Å². The molecular weight excluding hydrogens is 554 g/mol. The molecule has 0 fully saturated rings. The van der Waals surface area contributed by atoms with Crippen LogP contribution in [-0.2, 0) is 19.1 Å². The van der Waals surface area contributed by atoms with Crippen LogP contribution in [0.4, 0.5) is 0 Å². The van der Waals surface area contributed by atoms with Crippen LogP contribution in [0.2, 0.25) is 0 Å². The molecule has 4 unspecified atom stereocenters. The van der Waals surface area contributed by atoms with Crippen LogP contribution in [0.15, 0.2) is 22.6 Å². The lowest BCUT2D eigenvalue weighted by atomic mass is 9.90. The van der Waals surface area contributed by atoms with E-state index in [2.05, 4.69) is 57.9 Å². The number of hydrogen-bond donors (Lipinski definition) is 2. The van der Waals surface area contributed by atoms with Gasteiger partial charge in [-0.3, -0.25) is 4.79 Å². The fraction of sp³-hybridized carbons (Fsp3) is 0.838. The van der Waals surface area contributed by atoms with Crippen LogP contribution in [0, 0.1) is 23.7 Å². The van der Waals surface area contributed by atoms with E-state index in [0.717, 1.165) is 49.1 Å². The molecule has 0 saturated heterocycles. The zero-order valence-electron chi connectivity index (χ0n) is 29.9. The summed E-state index contributed by atoms with van der Waals surface area (Å²) in [6.07, 6.45) is 21.9. The molecule has 0 heterocycles. The Balaban J connectivity index is 4.70. The molecule has 6 heteroatoms. The van der Waals surface area contributed by atoms with Crippen LogP contribution in [0.25, 0.3) is 0 Å². The molecule has 0 spiro atoms. The Morgan fingerprint density at radius 2 is 1.28 bits per heavy atom. The van der Waals surface area contributed by atoms with Crippen molar-refractivity contribution in [1.29, 1.82) is 0 Å². The summed E-state index contributed by atoms with van der Waals surface area (Å²) in [6, 6.07) is 0. The number of esters is 2. The second kappa shape index (κ2) is 26.0. The Bertz CT molecular complexity index is 791. The highest BCUT2D eigenvalue weighted by molar-refractivity contribution is 8.18. The van der Waals surface area contributed by atoms with Gasteiger partial charge in [0.25, 0.3) is 0 Å². The lowest BCUT2D eigenvalue weighted by Crippen LogP contribution is -2.23. The summed E-state index contributed by atoms with van der Waals surface area (Å²) in [5.74, 6) is 2.52. The molecule has 0 aliphatic rings. The molecule has 4 atom stereocenters. The molecule has 0 saturated carbocycles. The second-order valence-electron chi connectivity index (χ2n) is 13.9. The molecule has 0 aliphatic heterocycles. The Morgan fingerprint density at radius 3 is 1.81 bits per heavy atom. The standard InChI is InChI=1S/C37H71NO4S/c1-29(2)17-13-20-31(4)22-14-21-30(3)18-11-12-19-32(5)24-25-35(42-36(39)23-15-26-38-8)33(6)34(7)37(40)41-27-16-28-43(9)10/h16,28-32,35,38,43H,11-15,17-27H2,1-10H3/b28-16?,34-33+. The van der Waals surface area contributed by atoms with E-state index in [1.807, 2.05) is 20.0 Å². The van der Waals surface area contributed by atoms with E-state index in [9.17, 15) is 9.59 Å². The van der Waals surface area contributed by atoms with E-state index in [1.165, 1.54) is 64.2 Å². The summed E-state index contributed by atoms with van der Waals surface area (Å²) in [5.41, 5.74) is 1.35. The molecule has 0 aromatic carbocycles. The highest BCUT2D eigenvalue weighted by Gasteiger charge is 2.22. The van der Waals surface area contributed by atoms with Gasteiger partial charge in [-0.25, -0.2) is 15.7 Å². The number of unbranched alkanes of at least 4 members (excludes halogenated alkanes) is 1. The van der Waals surface area contributed by atoms with Gasteiger partial charge in [-0.1, -0.05) is 104 Å². The van der Waals surface area contributed by atoms with Gasteiger partial charge in [0, 0.05) is 12.0 Å². The maximum Gasteiger partial charge on any atom is 0.334 e. The van der Waals surface area contributed by atoms with Crippen molar-refractivity contribution in [1.82, 2.24) is 5.32 Å². The first-order valence-electron chi connectivity index (χ1n) is 17.4. The first-order chi connectivity index (χ1) is 20.4. The summed E-state index contributed by atoms with van der Waals surface area (Å²) in [6.45, 7) is 16.5. The predicted molar refractivity (Wildman–Crippen MR) is 190 cm³/mol. The SMILES string of the molecule is CNCCCC(=O)OC(CCC(C)CCCCC(C)CCCC(C)CCCC(C)C)/C(C)=C(\C)C(=O)OCC=C[SH](C)C. The van der Waals surface area contributed by atoms with Crippen molar-refractivity contribution in [2.75, 3.05) is 32.7 Å². The topological polar surface area (TPSA) is 64.6 Å². The molecule has 1 N–H and O–H groups in total. The van der Waals surface area contributed by atoms with Crippen molar-refractivity contribution >= 4 is 22.8 Å². The van der Waals surface area contributed by atoms with Gasteiger partial charge < -0.3 is 14.8 Å². The number of thiol groups is 1. The van der Waals surface area contributed by atoms with Crippen molar-refractivity contribution in [3.05, 3.63) is 22.6 Å². The number of hydrogen-bond acceptors (Lipinski definition) is 5. The average molecular weight is 626 g/mol.